The first-order valence-electron chi connectivity index (χ1n) is 13.2. The van der Waals surface area contributed by atoms with Crippen LogP contribution in [0.4, 0.5) is 0 Å². The molecule has 0 unspecified atom stereocenters. The van der Waals surface area contributed by atoms with Crippen molar-refractivity contribution in [2.45, 2.75) is 59.0 Å². The van der Waals surface area contributed by atoms with E-state index in [0.29, 0.717) is 42.5 Å². The standard InChI is InChI=1S/C30H42N4O3/c1-6-14-28(35)26(7-2)27(31-32-29(36)23-34(3,4)5)19-20-30(37)33(21-24-15-10-8-11-16-24)22-25-17-12-9-13-18-25/h8-13,15-18,26H,6-7,14,19-23H2,1-5H3/p+1/b31-27+/t26-/m1/s1. The molecular formula is C30H43N4O3+. The zero-order valence-electron chi connectivity index (χ0n) is 23.1. The molecule has 37 heavy (non-hydrogen) atoms. The van der Waals surface area contributed by atoms with Crippen LogP contribution in [0, 0.1) is 5.92 Å². The van der Waals surface area contributed by atoms with Crippen LogP contribution >= 0.6 is 0 Å². The number of nitrogens with zero attached hydrogens (tertiary/aromatic N) is 3. The van der Waals surface area contributed by atoms with Crippen molar-refractivity contribution >= 4 is 23.3 Å². The third-order valence-electron chi connectivity index (χ3n) is 6.02. The van der Waals surface area contributed by atoms with Gasteiger partial charge in [-0.25, -0.2) is 5.43 Å². The van der Waals surface area contributed by atoms with Gasteiger partial charge in [0.05, 0.1) is 27.1 Å². The Morgan fingerprint density at radius 1 is 0.838 bits per heavy atom. The van der Waals surface area contributed by atoms with Crippen LogP contribution in [0.25, 0.3) is 0 Å². The SMILES string of the molecule is CCCC(=O)[C@H](CC)/C(CCC(=O)N(Cc1ccccc1)Cc1ccccc1)=N/NC(=O)C[N+](C)(C)C. The zero-order valence-corrected chi connectivity index (χ0v) is 23.1. The molecule has 0 spiro atoms. The van der Waals surface area contributed by atoms with Gasteiger partial charge in [-0.05, 0) is 30.4 Å². The van der Waals surface area contributed by atoms with E-state index in [4.69, 9.17) is 0 Å². The zero-order chi connectivity index (χ0) is 27.3. The molecular weight excluding hydrogens is 464 g/mol. The summed E-state index contributed by atoms with van der Waals surface area (Å²) in [5, 5.41) is 4.40. The number of nitrogens with one attached hydrogen (secondary N) is 1. The van der Waals surface area contributed by atoms with E-state index in [9.17, 15) is 14.4 Å². The van der Waals surface area contributed by atoms with E-state index < -0.39 is 5.92 Å². The van der Waals surface area contributed by atoms with Crippen molar-refractivity contribution in [2.75, 3.05) is 27.7 Å². The highest BCUT2D eigenvalue weighted by Gasteiger charge is 2.25. The van der Waals surface area contributed by atoms with Gasteiger partial charge in [0, 0.05) is 31.6 Å². The molecule has 2 aromatic carbocycles. The molecule has 0 fully saturated rings. The molecule has 1 N–H and O–H groups in total. The van der Waals surface area contributed by atoms with Gasteiger partial charge in [-0.3, -0.25) is 14.4 Å². The molecule has 2 aromatic rings. The summed E-state index contributed by atoms with van der Waals surface area (Å²) in [6, 6.07) is 19.8. The Hall–Kier alpha value is -3.32. The second-order valence-electron chi connectivity index (χ2n) is 10.5. The van der Waals surface area contributed by atoms with Crippen molar-refractivity contribution in [2.24, 2.45) is 11.0 Å². The largest absolute Gasteiger partial charge is 0.334 e. The van der Waals surface area contributed by atoms with Crippen LogP contribution < -0.4 is 5.43 Å². The first-order valence-corrected chi connectivity index (χ1v) is 13.2. The molecule has 0 aliphatic carbocycles. The molecule has 0 aliphatic rings. The van der Waals surface area contributed by atoms with Crippen LogP contribution in [0.5, 0.6) is 0 Å². The molecule has 0 aromatic heterocycles. The second kappa shape index (κ2) is 15.1. The van der Waals surface area contributed by atoms with Crippen LogP contribution in [0.15, 0.2) is 65.8 Å². The number of hydrazone groups is 1. The molecule has 0 heterocycles. The lowest BCUT2D eigenvalue weighted by molar-refractivity contribution is -0.862. The van der Waals surface area contributed by atoms with Crippen LogP contribution in [0.3, 0.4) is 0 Å². The smallest absolute Gasteiger partial charge is 0.295 e. The monoisotopic (exact) mass is 507 g/mol. The van der Waals surface area contributed by atoms with E-state index in [1.165, 1.54) is 0 Å². The summed E-state index contributed by atoms with van der Waals surface area (Å²) >= 11 is 0. The Balaban J connectivity index is 2.22. The van der Waals surface area contributed by atoms with Gasteiger partial charge >= 0.3 is 0 Å². The highest BCUT2D eigenvalue weighted by molar-refractivity contribution is 6.06. The Morgan fingerprint density at radius 3 is 1.84 bits per heavy atom. The van der Waals surface area contributed by atoms with Gasteiger partial charge < -0.3 is 9.38 Å². The first kappa shape index (κ1) is 29.9. The minimum absolute atomic E-state index is 0.0177. The van der Waals surface area contributed by atoms with Crippen molar-refractivity contribution in [3.63, 3.8) is 0 Å². The summed E-state index contributed by atoms with van der Waals surface area (Å²) in [6.07, 6.45) is 2.30. The van der Waals surface area contributed by atoms with Gasteiger partial charge in [-0.2, -0.15) is 5.10 Å². The highest BCUT2D eigenvalue weighted by Crippen LogP contribution is 2.17. The predicted molar refractivity (Wildman–Crippen MR) is 149 cm³/mol. The minimum Gasteiger partial charge on any atom is -0.334 e. The second-order valence-corrected chi connectivity index (χ2v) is 10.5. The van der Waals surface area contributed by atoms with Gasteiger partial charge in [0.1, 0.15) is 5.78 Å². The lowest BCUT2D eigenvalue weighted by Crippen LogP contribution is -2.43. The fourth-order valence-electron chi connectivity index (χ4n) is 4.21. The normalized spacial score (nSPS) is 12.6. The molecule has 0 saturated heterocycles. The first-order chi connectivity index (χ1) is 17.6. The molecule has 0 bridgehead atoms. The van der Waals surface area contributed by atoms with Crippen LogP contribution in [-0.4, -0.2) is 60.4 Å². The van der Waals surface area contributed by atoms with Gasteiger partial charge in [0.25, 0.3) is 5.91 Å². The van der Waals surface area contributed by atoms with E-state index >= 15 is 0 Å². The molecule has 0 aliphatic heterocycles. The molecule has 0 saturated carbocycles. The predicted octanol–water partition coefficient (Wildman–Crippen LogP) is 4.57. The maximum atomic E-state index is 13.5. The van der Waals surface area contributed by atoms with Crippen LogP contribution in [-0.2, 0) is 27.5 Å². The number of hydrogen-bond donors (Lipinski definition) is 1. The van der Waals surface area contributed by atoms with Gasteiger partial charge in [-0.1, -0.05) is 74.5 Å². The van der Waals surface area contributed by atoms with Crippen molar-refractivity contribution in [3.8, 4) is 0 Å². The fraction of sp³-hybridized carbons (Fsp3) is 0.467. The van der Waals surface area contributed by atoms with E-state index in [1.54, 1.807) is 0 Å². The number of Topliss-reactive ketones (excluding diaryl/α,β-unsaturated/α-hetero) is 1. The summed E-state index contributed by atoms with van der Waals surface area (Å²) < 4.78 is 0.467. The van der Waals surface area contributed by atoms with Crippen molar-refractivity contribution in [1.82, 2.24) is 10.3 Å². The quantitative estimate of drug-likeness (QED) is 0.218. The van der Waals surface area contributed by atoms with Crippen LogP contribution in [0.2, 0.25) is 0 Å². The molecule has 2 rings (SSSR count). The summed E-state index contributed by atoms with van der Waals surface area (Å²) in [7, 11) is 5.78. The topological polar surface area (TPSA) is 78.8 Å². The Bertz CT molecular complexity index is 988. The maximum absolute atomic E-state index is 13.5. The number of hydrogen-bond acceptors (Lipinski definition) is 4. The van der Waals surface area contributed by atoms with Crippen LogP contribution in [0.1, 0.15) is 57.1 Å². The molecule has 7 heteroatoms. The van der Waals surface area contributed by atoms with E-state index in [0.717, 1.165) is 17.5 Å². The van der Waals surface area contributed by atoms with E-state index in [1.807, 2.05) is 101 Å². The summed E-state index contributed by atoms with van der Waals surface area (Å²) in [6.45, 7) is 5.16. The average Bonchev–Trinajstić information content (AvgIpc) is 2.85. The number of carbonyl (C=O) groups excluding carboxylic acids is 3. The summed E-state index contributed by atoms with van der Waals surface area (Å²) in [5.41, 5.74) is 5.32. The molecule has 2 amide bonds. The Kier molecular flexibility index (Phi) is 12.2. The third-order valence-corrected chi connectivity index (χ3v) is 6.02. The molecule has 200 valence electrons. The Labute approximate surface area is 222 Å². The number of rotatable bonds is 15. The number of likely N-dealkylation sites (N-methyl/N-ethyl adjacent to an activating group) is 1. The lowest BCUT2D eigenvalue weighted by atomic mass is 9.90. The molecule has 7 nitrogen and oxygen atoms in total. The maximum Gasteiger partial charge on any atom is 0.295 e. The number of quaternary nitrogens is 1. The van der Waals surface area contributed by atoms with Gasteiger partial charge in [-0.15, -0.1) is 0 Å². The summed E-state index contributed by atoms with van der Waals surface area (Å²) in [5.74, 6) is -0.545. The fourth-order valence-corrected chi connectivity index (χ4v) is 4.21. The number of ketones is 1. The van der Waals surface area contributed by atoms with E-state index in [-0.39, 0.29) is 30.6 Å². The number of benzene rings is 2. The van der Waals surface area contributed by atoms with Gasteiger partial charge in [0.15, 0.2) is 6.54 Å². The van der Waals surface area contributed by atoms with E-state index in [2.05, 4.69) is 10.5 Å². The van der Waals surface area contributed by atoms with Crippen molar-refractivity contribution in [1.29, 1.82) is 0 Å². The minimum atomic E-state index is -0.408. The van der Waals surface area contributed by atoms with Crippen molar-refractivity contribution in [3.05, 3.63) is 71.8 Å². The molecule has 0 radical (unpaired) electrons. The average molecular weight is 508 g/mol. The molecule has 1 atom stereocenters. The summed E-state index contributed by atoms with van der Waals surface area (Å²) in [4.78, 5) is 40.6. The third kappa shape index (κ3) is 11.1. The highest BCUT2D eigenvalue weighted by atomic mass is 16.2. The number of amides is 2. The van der Waals surface area contributed by atoms with Crippen molar-refractivity contribution < 1.29 is 18.9 Å². The number of carbonyl (C=O) groups is 3. The lowest BCUT2D eigenvalue weighted by Gasteiger charge is -2.24. The van der Waals surface area contributed by atoms with Gasteiger partial charge in [0.2, 0.25) is 5.91 Å². The Morgan fingerprint density at radius 2 is 1.38 bits per heavy atom.